The fourth-order valence-corrected chi connectivity index (χ4v) is 2.01. The molecule has 118 valence electrons. The first-order chi connectivity index (χ1) is 10.0. The van der Waals surface area contributed by atoms with Gasteiger partial charge in [0.2, 0.25) is 5.82 Å². The minimum atomic E-state index is -0.428. The maximum absolute atomic E-state index is 11.2. The molecule has 0 aliphatic rings. The fourth-order valence-electron chi connectivity index (χ4n) is 2.01. The Morgan fingerprint density at radius 3 is 2.76 bits per heavy atom. The first-order valence-corrected chi connectivity index (χ1v) is 7.12. The lowest BCUT2D eigenvalue weighted by atomic mass is 10.3. The molecule has 0 saturated heterocycles. The van der Waals surface area contributed by atoms with E-state index in [2.05, 4.69) is 10.4 Å². The van der Waals surface area contributed by atoms with Gasteiger partial charge < -0.3 is 10.1 Å². The summed E-state index contributed by atoms with van der Waals surface area (Å²) in [5.74, 6) is 0.148. The third kappa shape index (κ3) is 4.73. The van der Waals surface area contributed by atoms with Crippen molar-refractivity contribution in [3.05, 3.63) is 15.8 Å². The molecule has 1 N–H and O–H groups in total. The van der Waals surface area contributed by atoms with E-state index in [0.717, 1.165) is 6.42 Å². The topological polar surface area (TPSA) is 99.3 Å². The molecule has 0 amide bonds. The molecule has 1 heterocycles. The Labute approximate surface area is 123 Å². The van der Waals surface area contributed by atoms with Gasteiger partial charge in [-0.3, -0.25) is 14.9 Å². The number of aryl methyl sites for hydroxylation is 2. The molecule has 0 saturated carbocycles. The number of carbonyl (C=O) groups is 1. The molecule has 0 spiro atoms. The SMILES string of the molecule is CCCn1nc(C)c([N+](=O)[O-])c1NCCCC(=O)OCC. The van der Waals surface area contributed by atoms with Gasteiger partial charge >= 0.3 is 11.7 Å². The van der Waals surface area contributed by atoms with Crippen LogP contribution in [0.15, 0.2) is 0 Å². The summed E-state index contributed by atoms with van der Waals surface area (Å²) in [7, 11) is 0. The highest BCUT2D eigenvalue weighted by Crippen LogP contribution is 2.28. The summed E-state index contributed by atoms with van der Waals surface area (Å²) >= 11 is 0. The van der Waals surface area contributed by atoms with Gasteiger partial charge in [0.15, 0.2) is 0 Å². The Balaban J connectivity index is 2.68. The van der Waals surface area contributed by atoms with Gasteiger partial charge in [0.1, 0.15) is 5.69 Å². The Kier molecular flexibility index (Phi) is 6.64. The van der Waals surface area contributed by atoms with Crippen molar-refractivity contribution in [1.82, 2.24) is 9.78 Å². The Bertz CT molecular complexity index is 499. The average molecular weight is 298 g/mol. The summed E-state index contributed by atoms with van der Waals surface area (Å²) in [6.45, 7) is 6.77. The largest absolute Gasteiger partial charge is 0.466 e. The quantitative estimate of drug-likeness (QED) is 0.325. The molecule has 8 nitrogen and oxygen atoms in total. The molecule has 0 unspecified atom stereocenters. The molecule has 0 fully saturated rings. The second kappa shape index (κ2) is 8.23. The van der Waals surface area contributed by atoms with Crippen molar-refractivity contribution in [2.45, 2.75) is 46.6 Å². The summed E-state index contributed by atoms with van der Waals surface area (Å²) in [6, 6.07) is 0. The van der Waals surface area contributed by atoms with Crippen LogP contribution in [0.5, 0.6) is 0 Å². The van der Waals surface area contributed by atoms with Crippen LogP contribution in [0.2, 0.25) is 0 Å². The lowest BCUT2D eigenvalue weighted by Crippen LogP contribution is -2.12. The standard InChI is InChI=1S/C13H22N4O4/c1-4-9-16-13(12(17(19)20)10(3)15-16)14-8-6-7-11(18)21-5-2/h14H,4-9H2,1-3H3. The maximum Gasteiger partial charge on any atom is 0.333 e. The summed E-state index contributed by atoms with van der Waals surface area (Å²) in [6.07, 6.45) is 1.66. The zero-order valence-corrected chi connectivity index (χ0v) is 12.7. The molecule has 1 aromatic rings. The van der Waals surface area contributed by atoms with E-state index in [4.69, 9.17) is 4.74 Å². The van der Waals surface area contributed by atoms with Gasteiger partial charge in [0, 0.05) is 19.5 Å². The van der Waals surface area contributed by atoms with E-state index in [0.29, 0.717) is 37.6 Å². The van der Waals surface area contributed by atoms with Gasteiger partial charge in [-0.1, -0.05) is 6.92 Å². The summed E-state index contributed by atoms with van der Waals surface area (Å²) in [5, 5.41) is 18.3. The third-order valence-corrected chi connectivity index (χ3v) is 2.87. The van der Waals surface area contributed by atoms with Crippen LogP contribution in [-0.4, -0.2) is 33.8 Å². The first kappa shape index (κ1) is 16.9. The fraction of sp³-hybridized carbons (Fsp3) is 0.692. The molecular weight excluding hydrogens is 276 g/mol. The predicted octanol–water partition coefficient (Wildman–Crippen LogP) is 2.26. The molecule has 0 bridgehead atoms. The van der Waals surface area contributed by atoms with Gasteiger partial charge in [-0.25, -0.2) is 4.68 Å². The molecule has 0 atom stereocenters. The Morgan fingerprint density at radius 2 is 2.19 bits per heavy atom. The molecule has 21 heavy (non-hydrogen) atoms. The van der Waals surface area contributed by atoms with Crippen LogP contribution in [0.3, 0.4) is 0 Å². The van der Waals surface area contributed by atoms with Crippen LogP contribution < -0.4 is 5.32 Å². The zero-order chi connectivity index (χ0) is 15.8. The number of nitrogens with one attached hydrogen (secondary N) is 1. The number of carbonyl (C=O) groups excluding carboxylic acids is 1. The molecule has 1 aromatic heterocycles. The van der Waals surface area contributed by atoms with Crippen LogP contribution >= 0.6 is 0 Å². The average Bonchev–Trinajstić information content (AvgIpc) is 2.71. The second-order valence-electron chi connectivity index (χ2n) is 4.60. The molecule has 0 aromatic carbocycles. The van der Waals surface area contributed by atoms with Crippen molar-refractivity contribution in [3.63, 3.8) is 0 Å². The van der Waals surface area contributed by atoms with E-state index in [1.165, 1.54) is 0 Å². The molecule has 0 aliphatic heterocycles. The van der Waals surface area contributed by atoms with E-state index in [-0.39, 0.29) is 18.1 Å². The highest BCUT2D eigenvalue weighted by molar-refractivity contribution is 5.69. The summed E-state index contributed by atoms with van der Waals surface area (Å²) in [4.78, 5) is 21.9. The lowest BCUT2D eigenvalue weighted by molar-refractivity contribution is -0.384. The number of hydrogen-bond donors (Lipinski definition) is 1. The van der Waals surface area contributed by atoms with Crippen molar-refractivity contribution < 1.29 is 14.5 Å². The number of nitro groups is 1. The normalized spacial score (nSPS) is 10.4. The summed E-state index contributed by atoms with van der Waals surface area (Å²) < 4.78 is 6.44. The maximum atomic E-state index is 11.2. The van der Waals surface area contributed by atoms with Crippen molar-refractivity contribution in [2.75, 3.05) is 18.5 Å². The third-order valence-electron chi connectivity index (χ3n) is 2.87. The number of anilines is 1. The molecule has 0 radical (unpaired) electrons. The second-order valence-corrected chi connectivity index (χ2v) is 4.60. The van der Waals surface area contributed by atoms with E-state index >= 15 is 0 Å². The van der Waals surface area contributed by atoms with Crippen molar-refractivity contribution in [2.24, 2.45) is 0 Å². The number of nitrogens with zero attached hydrogens (tertiary/aromatic N) is 3. The van der Waals surface area contributed by atoms with Crippen molar-refractivity contribution in [1.29, 1.82) is 0 Å². The van der Waals surface area contributed by atoms with Gasteiger partial charge in [0.25, 0.3) is 0 Å². The van der Waals surface area contributed by atoms with Crippen molar-refractivity contribution >= 4 is 17.5 Å². The van der Waals surface area contributed by atoms with Crippen molar-refractivity contribution in [3.8, 4) is 0 Å². The van der Waals surface area contributed by atoms with Crippen LogP contribution in [0.25, 0.3) is 0 Å². The van der Waals surface area contributed by atoms with Gasteiger partial charge in [-0.2, -0.15) is 5.10 Å². The van der Waals surface area contributed by atoms with Crippen LogP contribution in [0.4, 0.5) is 11.5 Å². The smallest absolute Gasteiger partial charge is 0.333 e. The van der Waals surface area contributed by atoms with Crippen LogP contribution in [0, 0.1) is 17.0 Å². The van der Waals surface area contributed by atoms with Crippen LogP contribution in [0.1, 0.15) is 38.8 Å². The lowest BCUT2D eigenvalue weighted by Gasteiger charge is -2.08. The van der Waals surface area contributed by atoms with Gasteiger partial charge in [0.05, 0.1) is 11.5 Å². The predicted molar refractivity (Wildman–Crippen MR) is 78.3 cm³/mol. The minimum absolute atomic E-state index is 0.000385. The molecule has 1 rings (SSSR count). The number of ether oxygens (including phenoxy) is 1. The molecule has 0 aliphatic carbocycles. The van der Waals surface area contributed by atoms with E-state index in [9.17, 15) is 14.9 Å². The Morgan fingerprint density at radius 1 is 1.48 bits per heavy atom. The highest BCUT2D eigenvalue weighted by atomic mass is 16.6. The highest BCUT2D eigenvalue weighted by Gasteiger charge is 2.24. The van der Waals surface area contributed by atoms with Gasteiger partial charge in [-0.15, -0.1) is 0 Å². The first-order valence-electron chi connectivity index (χ1n) is 7.12. The van der Waals surface area contributed by atoms with Crippen LogP contribution in [-0.2, 0) is 16.1 Å². The monoisotopic (exact) mass is 298 g/mol. The number of hydrogen-bond acceptors (Lipinski definition) is 6. The summed E-state index contributed by atoms with van der Waals surface area (Å²) in [5.41, 5.74) is 0.390. The molecular formula is C13H22N4O4. The van der Waals surface area contributed by atoms with E-state index in [1.807, 2.05) is 6.92 Å². The number of aromatic nitrogens is 2. The zero-order valence-electron chi connectivity index (χ0n) is 12.7. The number of rotatable bonds is 9. The van der Waals surface area contributed by atoms with Gasteiger partial charge in [-0.05, 0) is 26.7 Å². The minimum Gasteiger partial charge on any atom is -0.466 e. The molecule has 8 heteroatoms. The number of esters is 1. The van der Waals surface area contributed by atoms with E-state index in [1.54, 1.807) is 18.5 Å². The van der Waals surface area contributed by atoms with E-state index < -0.39 is 4.92 Å². The Hall–Kier alpha value is -2.12.